The van der Waals surface area contributed by atoms with E-state index in [2.05, 4.69) is 36.1 Å². The number of methoxy groups -OCH3 is 1. The van der Waals surface area contributed by atoms with Crippen LogP contribution in [0.2, 0.25) is 0 Å². The summed E-state index contributed by atoms with van der Waals surface area (Å²) in [6.45, 7) is 5.91. The van der Waals surface area contributed by atoms with Crippen LogP contribution in [0.1, 0.15) is 43.7 Å². The summed E-state index contributed by atoms with van der Waals surface area (Å²) in [5.41, 5.74) is 8.62. The molecule has 2 atom stereocenters. The lowest BCUT2D eigenvalue weighted by atomic mass is 9.83. The van der Waals surface area contributed by atoms with Gasteiger partial charge in [0.25, 0.3) is 0 Å². The van der Waals surface area contributed by atoms with Crippen LogP contribution in [0, 0.1) is 5.92 Å². The molecule has 0 aliphatic heterocycles. The molecular formula is C18H30N2O. The molecule has 21 heavy (non-hydrogen) atoms. The molecule has 1 aromatic carbocycles. The number of nitrogens with two attached hydrogens (primary N) is 1. The first-order chi connectivity index (χ1) is 10.3. The fraction of sp³-hybridized carbons (Fsp3) is 0.667. The lowest BCUT2D eigenvalue weighted by Crippen LogP contribution is -2.44. The van der Waals surface area contributed by atoms with Crippen LogP contribution < -0.4 is 5.73 Å². The van der Waals surface area contributed by atoms with Crippen LogP contribution in [-0.4, -0.2) is 31.1 Å². The Morgan fingerprint density at radius 1 is 1.14 bits per heavy atom. The second-order valence-corrected chi connectivity index (χ2v) is 6.16. The van der Waals surface area contributed by atoms with Crippen molar-refractivity contribution in [3.05, 3.63) is 35.4 Å². The third-order valence-electron chi connectivity index (χ3n) is 4.77. The molecule has 118 valence electrons. The normalized spacial score (nSPS) is 22.7. The van der Waals surface area contributed by atoms with Gasteiger partial charge in [0.1, 0.15) is 0 Å². The summed E-state index contributed by atoms with van der Waals surface area (Å²) in [5, 5.41) is 0. The topological polar surface area (TPSA) is 38.5 Å². The van der Waals surface area contributed by atoms with Gasteiger partial charge >= 0.3 is 0 Å². The van der Waals surface area contributed by atoms with Crippen LogP contribution in [0.4, 0.5) is 0 Å². The van der Waals surface area contributed by atoms with E-state index in [9.17, 15) is 0 Å². The lowest BCUT2D eigenvalue weighted by Gasteiger charge is -2.39. The van der Waals surface area contributed by atoms with Gasteiger partial charge < -0.3 is 10.5 Å². The molecule has 0 amide bonds. The zero-order valence-corrected chi connectivity index (χ0v) is 13.6. The highest BCUT2D eigenvalue weighted by atomic mass is 16.5. The van der Waals surface area contributed by atoms with E-state index in [1.165, 1.54) is 36.8 Å². The van der Waals surface area contributed by atoms with Crippen molar-refractivity contribution >= 4 is 0 Å². The van der Waals surface area contributed by atoms with Gasteiger partial charge in [-0.1, -0.05) is 44.0 Å². The minimum absolute atomic E-state index is 0.660. The monoisotopic (exact) mass is 290 g/mol. The summed E-state index contributed by atoms with van der Waals surface area (Å²) in [4.78, 5) is 2.61. The Balaban J connectivity index is 2.00. The summed E-state index contributed by atoms with van der Waals surface area (Å²) < 4.78 is 5.17. The molecule has 2 unspecified atom stereocenters. The van der Waals surface area contributed by atoms with Gasteiger partial charge in [0.05, 0.1) is 6.61 Å². The average molecular weight is 290 g/mol. The van der Waals surface area contributed by atoms with Gasteiger partial charge in [-0.25, -0.2) is 0 Å². The number of nitrogens with zero attached hydrogens (tertiary/aromatic N) is 1. The highest BCUT2D eigenvalue weighted by Crippen LogP contribution is 2.28. The lowest BCUT2D eigenvalue weighted by molar-refractivity contribution is 0.105. The minimum Gasteiger partial charge on any atom is -0.380 e. The molecule has 1 aliphatic rings. The maximum Gasteiger partial charge on any atom is 0.0713 e. The van der Waals surface area contributed by atoms with E-state index in [4.69, 9.17) is 10.5 Å². The van der Waals surface area contributed by atoms with Gasteiger partial charge in [-0.15, -0.1) is 0 Å². The number of hydrogen-bond donors (Lipinski definition) is 1. The first-order valence-corrected chi connectivity index (χ1v) is 8.29. The van der Waals surface area contributed by atoms with Crippen molar-refractivity contribution in [2.75, 3.05) is 20.2 Å². The largest absolute Gasteiger partial charge is 0.380 e. The SMILES string of the molecule is CCN(Cc1ccc(COC)cc1)C1CCCCC1CN. The Morgan fingerprint density at radius 3 is 2.43 bits per heavy atom. The van der Waals surface area contributed by atoms with Crippen molar-refractivity contribution in [2.24, 2.45) is 11.7 Å². The zero-order chi connectivity index (χ0) is 15.1. The molecule has 0 saturated heterocycles. The molecule has 0 heterocycles. The fourth-order valence-electron chi connectivity index (χ4n) is 3.55. The third-order valence-corrected chi connectivity index (χ3v) is 4.77. The van der Waals surface area contributed by atoms with Crippen molar-refractivity contribution in [1.29, 1.82) is 0 Å². The number of hydrogen-bond acceptors (Lipinski definition) is 3. The van der Waals surface area contributed by atoms with Gasteiger partial charge in [-0.05, 0) is 43.0 Å². The van der Waals surface area contributed by atoms with Crippen molar-refractivity contribution in [3.8, 4) is 0 Å². The molecule has 1 fully saturated rings. The summed E-state index contributed by atoms with van der Waals surface area (Å²) in [5.74, 6) is 0.673. The average Bonchev–Trinajstić information content (AvgIpc) is 2.54. The van der Waals surface area contributed by atoms with E-state index in [1.807, 2.05) is 0 Å². The quantitative estimate of drug-likeness (QED) is 0.838. The maximum absolute atomic E-state index is 5.99. The Kier molecular flexibility index (Phi) is 6.68. The molecule has 1 saturated carbocycles. The van der Waals surface area contributed by atoms with Gasteiger partial charge in [0.15, 0.2) is 0 Å². The Morgan fingerprint density at radius 2 is 1.81 bits per heavy atom. The number of rotatable bonds is 7. The summed E-state index contributed by atoms with van der Waals surface area (Å²) in [7, 11) is 1.74. The van der Waals surface area contributed by atoms with Crippen molar-refractivity contribution in [3.63, 3.8) is 0 Å². The first kappa shape index (κ1) is 16.5. The standard InChI is InChI=1S/C18H30N2O/c1-3-20(18-7-5-4-6-17(18)12-19)13-15-8-10-16(11-9-15)14-21-2/h8-11,17-18H,3-7,12-14,19H2,1-2H3. The van der Waals surface area contributed by atoms with Crippen molar-refractivity contribution in [1.82, 2.24) is 4.90 Å². The first-order valence-electron chi connectivity index (χ1n) is 8.29. The summed E-state index contributed by atoms with van der Waals surface area (Å²) in [6, 6.07) is 9.48. The molecule has 0 bridgehead atoms. The predicted octanol–water partition coefficient (Wildman–Crippen LogP) is 3.17. The molecule has 3 heteroatoms. The molecule has 0 radical (unpaired) electrons. The summed E-state index contributed by atoms with van der Waals surface area (Å²) in [6.07, 6.45) is 5.30. The Labute approximate surface area is 129 Å². The van der Waals surface area contributed by atoms with Crippen LogP contribution >= 0.6 is 0 Å². The van der Waals surface area contributed by atoms with Crippen LogP contribution in [0.25, 0.3) is 0 Å². The molecule has 3 nitrogen and oxygen atoms in total. The fourth-order valence-corrected chi connectivity index (χ4v) is 3.55. The second kappa shape index (κ2) is 8.52. The van der Waals surface area contributed by atoms with Gasteiger partial charge in [-0.3, -0.25) is 4.90 Å². The van der Waals surface area contributed by atoms with E-state index >= 15 is 0 Å². The van der Waals surface area contributed by atoms with E-state index in [1.54, 1.807) is 7.11 Å². The molecule has 2 rings (SSSR count). The predicted molar refractivity (Wildman–Crippen MR) is 88.0 cm³/mol. The number of ether oxygens (including phenoxy) is 1. The second-order valence-electron chi connectivity index (χ2n) is 6.16. The molecule has 1 aliphatic carbocycles. The van der Waals surface area contributed by atoms with E-state index < -0.39 is 0 Å². The molecule has 0 spiro atoms. The van der Waals surface area contributed by atoms with E-state index in [0.717, 1.165) is 19.6 Å². The van der Waals surface area contributed by atoms with Crippen LogP contribution in [0.15, 0.2) is 24.3 Å². The zero-order valence-electron chi connectivity index (χ0n) is 13.6. The smallest absolute Gasteiger partial charge is 0.0713 e. The molecule has 2 N–H and O–H groups in total. The van der Waals surface area contributed by atoms with Gasteiger partial charge in [0, 0.05) is 19.7 Å². The van der Waals surface area contributed by atoms with Crippen molar-refractivity contribution < 1.29 is 4.74 Å². The van der Waals surface area contributed by atoms with Crippen LogP contribution in [0.5, 0.6) is 0 Å². The molecule has 1 aromatic rings. The number of benzene rings is 1. The van der Waals surface area contributed by atoms with Gasteiger partial charge in [-0.2, -0.15) is 0 Å². The highest BCUT2D eigenvalue weighted by molar-refractivity contribution is 5.22. The van der Waals surface area contributed by atoms with Gasteiger partial charge in [0.2, 0.25) is 0 Å². The molecule has 0 aromatic heterocycles. The highest BCUT2D eigenvalue weighted by Gasteiger charge is 2.28. The summed E-state index contributed by atoms with van der Waals surface area (Å²) >= 11 is 0. The third kappa shape index (κ3) is 4.53. The Hall–Kier alpha value is -0.900. The maximum atomic E-state index is 5.99. The van der Waals surface area contributed by atoms with E-state index in [-0.39, 0.29) is 0 Å². The van der Waals surface area contributed by atoms with Crippen LogP contribution in [0.3, 0.4) is 0 Å². The van der Waals surface area contributed by atoms with Crippen LogP contribution in [-0.2, 0) is 17.9 Å². The molecular weight excluding hydrogens is 260 g/mol. The van der Waals surface area contributed by atoms with Crippen molar-refractivity contribution in [2.45, 2.75) is 51.8 Å². The minimum atomic E-state index is 0.660. The van der Waals surface area contributed by atoms with E-state index in [0.29, 0.717) is 18.6 Å². The Bertz CT molecular complexity index is 404.